The standard InChI is InChI=1S/C39H46N4O4S/c1-3-5-25-6-10-27(11-7-25)28-14-16-29(17-15-28)31-21-40-36(41-22-31)30-12-8-26(9-13-30)20-34(38(45)43-23-32(24-43)39(46)47)42-37(44)35-19-18-33(4-2)48-35/h8-9,12-13,16,18-19,21-22,25,27-28,32H,3-7,10-11,14-15,17,20,23-24H2,1-2H3,(H,46,47). The minimum absolute atomic E-state index is 0.107. The number of aliphatic carboxylic acids is 1. The number of carboxylic acids is 1. The van der Waals surface area contributed by atoms with Crippen LogP contribution in [0.5, 0.6) is 0 Å². The fourth-order valence-corrected chi connectivity index (χ4v) is 8.35. The van der Waals surface area contributed by atoms with Gasteiger partial charge in [0.25, 0.3) is 11.8 Å². The normalized spacial score (nSPS) is 21.8. The van der Waals surface area contributed by atoms with Gasteiger partial charge in [0, 0.05) is 47.9 Å². The Kier molecular flexibility index (Phi) is 10.9. The zero-order valence-electron chi connectivity index (χ0n) is 28.1. The predicted octanol–water partition coefficient (Wildman–Crippen LogP) is 7.92. The van der Waals surface area contributed by atoms with Crippen molar-refractivity contribution in [1.82, 2.24) is 14.9 Å². The molecular formula is C39H46N4O4S. The zero-order chi connectivity index (χ0) is 33.6. The maximum Gasteiger partial charge on any atom is 0.310 e. The van der Waals surface area contributed by atoms with Crippen LogP contribution in [0.4, 0.5) is 0 Å². The summed E-state index contributed by atoms with van der Waals surface area (Å²) in [6.45, 7) is 4.56. The molecular weight excluding hydrogens is 621 g/mol. The van der Waals surface area contributed by atoms with E-state index >= 15 is 0 Å². The Morgan fingerprint density at radius 2 is 1.65 bits per heavy atom. The van der Waals surface area contributed by atoms with Gasteiger partial charge in [-0.2, -0.15) is 0 Å². The van der Waals surface area contributed by atoms with Crippen molar-refractivity contribution in [3.05, 3.63) is 75.7 Å². The lowest BCUT2D eigenvalue weighted by atomic mass is 9.70. The number of likely N-dealkylation sites (tertiary alicyclic amines) is 1. The summed E-state index contributed by atoms with van der Waals surface area (Å²) in [6, 6.07) is 11.3. The molecule has 2 fully saturated rings. The molecule has 0 radical (unpaired) electrons. The highest BCUT2D eigenvalue weighted by Gasteiger charge is 2.37. The molecule has 2 amide bonds. The zero-order valence-corrected chi connectivity index (χ0v) is 28.9. The van der Waals surface area contributed by atoms with E-state index in [-0.39, 0.29) is 25.2 Å². The predicted molar refractivity (Wildman–Crippen MR) is 190 cm³/mol. The van der Waals surface area contributed by atoms with Gasteiger partial charge in [0.2, 0.25) is 0 Å². The number of aryl methyl sites for hydroxylation is 1. The third-order valence-corrected chi connectivity index (χ3v) is 11.8. The summed E-state index contributed by atoms with van der Waals surface area (Å²) in [7, 11) is 0. The van der Waals surface area contributed by atoms with Crippen LogP contribution in [-0.2, 0) is 22.4 Å². The lowest BCUT2D eigenvalue weighted by Crippen LogP contribution is -2.55. The Morgan fingerprint density at radius 1 is 0.917 bits per heavy atom. The number of rotatable bonds is 11. The van der Waals surface area contributed by atoms with Gasteiger partial charge in [-0.05, 0) is 79.5 Å². The largest absolute Gasteiger partial charge is 0.481 e. The molecule has 1 atom stereocenters. The second kappa shape index (κ2) is 15.5. The Bertz CT molecular complexity index is 1660. The van der Waals surface area contributed by atoms with Crippen molar-refractivity contribution in [2.75, 3.05) is 13.1 Å². The van der Waals surface area contributed by atoms with Gasteiger partial charge in [-0.15, -0.1) is 11.3 Å². The number of nitrogens with zero attached hydrogens (tertiary/aromatic N) is 4. The molecule has 9 heteroatoms. The Morgan fingerprint density at radius 3 is 2.25 bits per heavy atom. The van der Waals surface area contributed by atoms with Crippen LogP contribution in [-0.4, -0.2) is 56.6 Å². The van der Waals surface area contributed by atoms with E-state index in [1.165, 1.54) is 66.8 Å². The summed E-state index contributed by atoms with van der Waals surface area (Å²) in [5, 5.41) is 9.27. The first-order chi connectivity index (χ1) is 23.3. The summed E-state index contributed by atoms with van der Waals surface area (Å²) in [6.07, 6.45) is 19.1. The van der Waals surface area contributed by atoms with E-state index in [1.54, 1.807) is 6.07 Å². The molecule has 48 heavy (non-hydrogen) atoms. The molecule has 1 aromatic carbocycles. The van der Waals surface area contributed by atoms with E-state index in [0.717, 1.165) is 58.6 Å². The van der Waals surface area contributed by atoms with Crippen molar-refractivity contribution in [3.63, 3.8) is 0 Å². The van der Waals surface area contributed by atoms with Crippen LogP contribution in [0.2, 0.25) is 0 Å². The van der Waals surface area contributed by atoms with E-state index in [0.29, 0.717) is 10.7 Å². The van der Waals surface area contributed by atoms with Crippen LogP contribution in [0.25, 0.3) is 17.0 Å². The van der Waals surface area contributed by atoms with E-state index < -0.39 is 23.7 Å². The van der Waals surface area contributed by atoms with Crippen LogP contribution >= 0.6 is 11.3 Å². The highest BCUT2D eigenvalue weighted by Crippen LogP contribution is 2.42. The molecule has 1 unspecified atom stereocenters. The maximum absolute atomic E-state index is 13.3. The summed E-state index contributed by atoms with van der Waals surface area (Å²) in [4.78, 5) is 54.3. The first kappa shape index (κ1) is 33.9. The van der Waals surface area contributed by atoms with Crippen molar-refractivity contribution >= 4 is 40.4 Å². The molecule has 8 nitrogen and oxygen atoms in total. The average Bonchev–Trinajstić information content (AvgIpc) is 3.58. The fraction of sp³-hybridized carbons (Fsp3) is 0.487. The Balaban J connectivity index is 1.09. The first-order valence-electron chi connectivity index (χ1n) is 17.6. The van der Waals surface area contributed by atoms with Crippen LogP contribution in [0, 0.1) is 23.7 Å². The molecule has 3 heterocycles. The summed E-state index contributed by atoms with van der Waals surface area (Å²) in [5.41, 5.74) is 4.23. The fourth-order valence-electron chi connectivity index (χ4n) is 7.52. The molecule has 0 spiro atoms. The van der Waals surface area contributed by atoms with Gasteiger partial charge in [-0.1, -0.05) is 69.9 Å². The van der Waals surface area contributed by atoms with E-state index in [1.807, 2.05) is 49.6 Å². The highest BCUT2D eigenvalue weighted by atomic mass is 32.1. The number of aromatic nitrogens is 2. The first-order valence-corrected chi connectivity index (χ1v) is 18.5. The highest BCUT2D eigenvalue weighted by molar-refractivity contribution is 7.14. The topological polar surface area (TPSA) is 113 Å². The molecule has 252 valence electrons. The number of amides is 2. The van der Waals surface area contributed by atoms with Crippen molar-refractivity contribution in [2.24, 2.45) is 28.7 Å². The molecule has 2 aromatic heterocycles. The number of allylic oxidation sites excluding steroid dienone is 2. The number of thiophene rings is 1. The van der Waals surface area contributed by atoms with Gasteiger partial charge in [0.1, 0.15) is 5.71 Å². The van der Waals surface area contributed by atoms with Crippen molar-refractivity contribution in [1.29, 1.82) is 0 Å². The molecule has 1 N–H and O–H groups in total. The van der Waals surface area contributed by atoms with Crippen molar-refractivity contribution in [3.8, 4) is 11.4 Å². The quantitative estimate of drug-likeness (QED) is 0.208. The molecule has 6 rings (SSSR count). The number of carboxylic acid groups (broad SMARTS) is 1. The Hall–Kier alpha value is -3.98. The van der Waals surface area contributed by atoms with Gasteiger partial charge in [-0.3, -0.25) is 14.4 Å². The number of carbonyl (C=O) groups excluding carboxylic acids is 2. The minimum Gasteiger partial charge on any atom is -0.481 e. The summed E-state index contributed by atoms with van der Waals surface area (Å²) < 4.78 is 0. The molecule has 0 bridgehead atoms. The molecule has 2 aliphatic carbocycles. The number of carbonyl (C=O) groups is 3. The Labute approximate surface area is 287 Å². The van der Waals surface area contributed by atoms with Crippen LogP contribution in [0.1, 0.15) is 97.3 Å². The lowest BCUT2D eigenvalue weighted by molar-refractivity contribution is -0.150. The number of hydrogen-bond donors (Lipinski definition) is 1. The van der Waals surface area contributed by atoms with Crippen LogP contribution in [0.3, 0.4) is 0 Å². The van der Waals surface area contributed by atoms with E-state index in [2.05, 4.69) is 18.0 Å². The van der Waals surface area contributed by atoms with E-state index in [9.17, 15) is 19.5 Å². The molecule has 3 aliphatic rings. The average molecular weight is 667 g/mol. The second-order valence-corrected chi connectivity index (χ2v) is 14.9. The molecule has 3 aromatic rings. The maximum atomic E-state index is 13.3. The number of benzene rings is 1. The van der Waals surface area contributed by atoms with Crippen LogP contribution in [0.15, 0.2) is 59.9 Å². The molecule has 1 saturated heterocycles. The van der Waals surface area contributed by atoms with E-state index in [4.69, 9.17) is 9.97 Å². The molecule has 1 saturated carbocycles. The SMILES string of the molecule is CCCC1CCC(C2CC=C(c3cnc(-c4ccc(CC(=NC(=O)c5ccc(CC)s5)C(=O)N5CC(C(=O)O)C5)cc4)nc3)CC2)CC1. The lowest BCUT2D eigenvalue weighted by Gasteiger charge is -2.36. The summed E-state index contributed by atoms with van der Waals surface area (Å²) in [5.74, 6) is 0.903. The second-order valence-electron chi connectivity index (χ2n) is 13.7. The number of aliphatic imine (C=N–C) groups is 1. The van der Waals surface area contributed by atoms with Gasteiger partial charge in [0.05, 0.1) is 10.8 Å². The van der Waals surface area contributed by atoms with Gasteiger partial charge in [0.15, 0.2) is 5.82 Å². The van der Waals surface area contributed by atoms with Gasteiger partial charge < -0.3 is 10.0 Å². The van der Waals surface area contributed by atoms with Gasteiger partial charge in [-0.25, -0.2) is 15.0 Å². The van der Waals surface area contributed by atoms with Crippen molar-refractivity contribution < 1.29 is 19.5 Å². The molecule has 1 aliphatic heterocycles. The summed E-state index contributed by atoms with van der Waals surface area (Å²) >= 11 is 1.37. The smallest absolute Gasteiger partial charge is 0.310 e. The van der Waals surface area contributed by atoms with Gasteiger partial charge >= 0.3 is 5.97 Å². The third kappa shape index (κ3) is 8.00. The number of hydrogen-bond acceptors (Lipinski definition) is 6. The third-order valence-electron chi connectivity index (χ3n) is 10.5. The minimum atomic E-state index is -0.927. The van der Waals surface area contributed by atoms with Crippen LogP contribution < -0.4 is 0 Å². The monoisotopic (exact) mass is 666 g/mol. The van der Waals surface area contributed by atoms with Crippen molar-refractivity contribution in [2.45, 2.75) is 84.5 Å².